The normalized spacial score (nSPS) is 13.9. The number of phenolic OH excluding ortho intramolecular Hbond substituents is 1. The van der Waals surface area contributed by atoms with Crippen LogP contribution < -0.4 is 5.56 Å². The highest BCUT2D eigenvalue weighted by Crippen LogP contribution is 2.50. The number of aromatic amines is 1. The molecular weight excluding hydrogens is 507 g/mol. The lowest BCUT2D eigenvalue weighted by molar-refractivity contribution is -0.137. The molecule has 0 fully saturated rings. The first kappa shape index (κ1) is 28.3. The Labute approximate surface area is 217 Å². The minimum atomic E-state index is -4.59. The second kappa shape index (κ2) is 10.2. The largest absolute Gasteiger partial charge is 0.507 e. The molecule has 0 aliphatic rings. The molecule has 3 aromatic rings. The van der Waals surface area contributed by atoms with Crippen LogP contribution in [0.2, 0.25) is 5.02 Å². The predicted octanol–water partition coefficient (Wildman–Crippen LogP) is 6.44. The number of H-pyrrole nitrogens is 1. The molecule has 1 unspecified atom stereocenters. The van der Waals surface area contributed by atoms with Gasteiger partial charge >= 0.3 is 6.18 Å². The maximum absolute atomic E-state index is 14.0. The Hall–Kier alpha value is -2.29. The van der Waals surface area contributed by atoms with Gasteiger partial charge in [-0.15, -0.1) is 0 Å². The average Bonchev–Trinajstić information content (AvgIpc) is 2.76. The van der Waals surface area contributed by atoms with Gasteiger partial charge < -0.3 is 14.5 Å². The smallest absolute Gasteiger partial charge is 0.416 e. The lowest BCUT2D eigenvalue weighted by atomic mass is 9.58. The van der Waals surface area contributed by atoms with Crippen LogP contribution in [0, 0.1) is 17.8 Å². The predicted molar refractivity (Wildman–Crippen MR) is 143 cm³/mol. The summed E-state index contributed by atoms with van der Waals surface area (Å²) in [5, 5.41) is 11.4. The summed E-state index contributed by atoms with van der Waals surface area (Å²) >= 11 is 6.30. The van der Waals surface area contributed by atoms with E-state index >= 15 is 0 Å². The molecule has 196 valence electrons. The van der Waals surface area contributed by atoms with Gasteiger partial charge in [0.15, 0.2) is 0 Å². The van der Waals surface area contributed by atoms with E-state index in [1.165, 1.54) is 24.3 Å². The zero-order valence-corrected chi connectivity index (χ0v) is 24.3. The van der Waals surface area contributed by atoms with E-state index in [-0.39, 0.29) is 50.6 Å². The molecule has 1 aromatic heterocycles. The summed E-state index contributed by atoms with van der Waals surface area (Å²) in [7, 11) is 0.401. The quantitative estimate of drug-likeness (QED) is 0.339. The summed E-state index contributed by atoms with van der Waals surface area (Å²) in [6.07, 6.45) is -4.99. The maximum atomic E-state index is 14.0. The monoisotopic (exact) mass is 539 g/mol. The van der Waals surface area contributed by atoms with Crippen LogP contribution >= 0.6 is 11.6 Å². The molecule has 0 spiro atoms. The number of halogens is 4. The van der Waals surface area contributed by atoms with E-state index in [2.05, 4.69) is 4.98 Å². The molecule has 0 bridgehead atoms. The van der Waals surface area contributed by atoms with Crippen LogP contribution in [0.5, 0.6) is 5.75 Å². The van der Waals surface area contributed by atoms with Crippen molar-refractivity contribution in [3.8, 4) is 16.9 Å². The number of rotatable bonds is 7. The molecule has 2 N–H and O–H groups in total. The van der Waals surface area contributed by atoms with Crippen LogP contribution in [0.4, 0.5) is 13.2 Å². The second-order valence-corrected chi connectivity index (χ2v) is 11.2. The van der Waals surface area contributed by atoms with E-state index in [4.69, 9.17) is 16.0 Å². The molecule has 3 rings (SSSR count). The zero-order valence-electron chi connectivity index (χ0n) is 21.5. The van der Waals surface area contributed by atoms with Crippen molar-refractivity contribution in [1.82, 2.24) is 4.98 Å². The molecule has 0 saturated carbocycles. The SMILES string of the molecule is CC(C)C(O[SiH3])C(c1c(-c2cc(Cl)ccc2O)c2cc(C(F)(F)F)ccc2[nH]c1=O)(C(C)C)C(C)C. The summed E-state index contributed by atoms with van der Waals surface area (Å²) in [4.78, 5) is 16.8. The highest BCUT2D eigenvalue weighted by molar-refractivity contribution is 6.31. The van der Waals surface area contributed by atoms with Gasteiger partial charge in [-0.25, -0.2) is 0 Å². The summed E-state index contributed by atoms with van der Waals surface area (Å²) < 4.78 is 47.5. The fourth-order valence-corrected chi connectivity index (χ4v) is 7.04. The molecule has 4 nitrogen and oxygen atoms in total. The van der Waals surface area contributed by atoms with Gasteiger partial charge in [0, 0.05) is 38.0 Å². The number of aromatic nitrogens is 1. The van der Waals surface area contributed by atoms with Crippen LogP contribution in [-0.2, 0) is 16.0 Å². The number of fused-ring (bicyclic) bond motifs is 1. The van der Waals surface area contributed by atoms with Gasteiger partial charge in [0.1, 0.15) is 16.2 Å². The Morgan fingerprint density at radius 1 is 1.00 bits per heavy atom. The van der Waals surface area contributed by atoms with Crippen molar-refractivity contribution in [2.24, 2.45) is 17.8 Å². The molecule has 0 amide bonds. The van der Waals surface area contributed by atoms with Crippen LogP contribution in [0.15, 0.2) is 41.2 Å². The molecule has 1 heterocycles. The summed E-state index contributed by atoms with van der Waals surface area (Å²) in [5.41, 5.74) is -1.19. The number of aromatic hydroxyl groups is 1. The summed E-state index contributed by atoms with van der Waals surface area (Å²) in [6, 6.07) is 7.59. The lowest BCUT2D eigenvalue weighted by Crippen LogP contribution is -2.54. The van der Waals surface area contributed by atoms with Crippen molar-refractivity contribution >= 4 is 33.0 Å². The first-order chi connectivity index (χ1) is 16.7. The van der Waals surface area contributed by atoms with Crippen molar-refractivity contribution in [3.63, 3.8) is 0 Å². The number of benzene rings is 2. The van der Waals surface area contributed by atoms with Gasteiger partial charge in [-0.1, -0.05) is 53.1 Å². The van der Waals surface area contributed by atoms with Crippen molar-refractivity contribution in [1.29, 1.82) is 0 Å². The van der Waals surface area contributed by atoms with E-state index in [1.807, 2.05) is 41.5 Å². The minimum absolute atomic E-state index is 0.00437. The third-order valence-corrected chi connectivity index (χ3v) is 7.99. The Morgan fingerprint density at radius 2 is 1.61 bits per heavy atom. The number of nitrogens with one attached hydrogen (secondary N) is 1. The number of alkyl halides is 3. The van der Waals surface area contributed by atoms with E-state index in [0.29, 0.717) is 16.0 Å². The number of hydrogen-bond donors (Lipinski definition) is 2. The maximum Gasteiger partial charge on any atom is 0.416 e. The number of phenols is 1. The lowest BCUT2D eigenvalue weighted by Gasteiger charge is -2.49. The molecule has 0 saturated heterocycles. The first-order valence-corrected chi connectivity index (χ1v) is 13.2. The molecule has 9 heteroatoms. The van der Waals surface area contributed by atoms with Gasteiger partial charge in [-0.05, 0) is 54.2 Å². The summed E-state index contributed by atoms with van der Waals surface area (Å²) in [6.45, 7) is 12.0. The Bertz CT molecular complexity index is 1310. The fourth-order valence-electron chi connectivity index (χ4n) is 5.93. The van der Waals surface area contributed by atoms with Gasteiger partial charge in [0.05, 0.1) is 11.7 Å². The number of hydrogen-bond acceptors (Lipinski definition) is 3. The van der Waals surface area contributed by atoms with Crippen molar-refractivity contribution in [2.45, 2.75) is 59.2 Å². The molecule has 0 aliphatic carbocycles. The van der Waals surface area contributed by atoms with Crippen LogP contribution in [0.25, 0.3) is 22.0 Å². The second-order valence-electron chi connectivity index (χ2n) is 10.3. The first-order valence-electron chi connectivity index (χ1n) is 12.0. The van der Waals surface area contributed by atoms with Crippen LogP contribution in [-0.4, -0.2) is 26.7 Å². The molecule has 1 atom stereocenters. The topological polar surface area (TPSA) is 62.3 Å². The van der Waals surface area contributed by atoms with Gasteiger partial charge in [-0.2, -0.15) is 13.2 Å². The fraction of sp³-hybridized carbons (Fsp3) is 0.444. The number of pyridine rings is 1. The Kier molecular flexibility index (Phi) is 8.03. The van der Waals surface area contributed by atoms with Crippen LogP contribution in [0.3, 0.4) is 0 Å². The minimum Gasteiger partial charge on any atom is -0.507 e. The van der Waals surface area contributed by atoms with Crippen molar-refractivity contribution in [3.05, 3.63) is 62.9 Å². The highest BCUT2D eigenvalue weighted by Gasteiger charge is 2.50. The van der Waals surface area contributed by atoms with E-state index in [9.17, 15) is 23.1 Å². The van der Waals surface area contributed by atoms with Gasteiger partial charge in [0.25, 0.3) is 5.56 Å². The van der Waals surface area contributed by atoms with Crippen molar-refractivity contribution in [2.75, 3.05) is 0 Å². The average molecular weight is 540 g/mol. The molecule has 0 radical (unpaired) electrons. The van der Waals surface area contributed by atoms with E-state index in [0.717, 1.165) is 12.1 Å². The standard InChI is InChI=1S/C27H33ClF3NO3Si/c1-13(2)24(35-36)26(14(3)4,15(5)6)23-22(19-12-17(28)8-10-21(19)33)18-11-16(27(29,30)31)7-9-20(18)32-25(23)34/h7-15,24,33H,1-6,36H3,(H,32,34). The van der Waals surface area contributed by atoms with E-state index in [1.54, 1.807) is 0 Å². The Morgan fingerprint density at radius 3 is 2.11 bits per heavy atom. The molecular formula is C27H33ClF3NO3Si. The van der Waals surface area contributed by atoms with Crippen molar-refractivity contribution < 1.29 is 22.7 Å². The van der Waals surface area contributed by atoms with Gasteiger partial charge in [0.2, 0.25) is 0 Å². The molecule has 36 heavy (non-hydrogen) atoms. The third-order valence-electron chi connectivity index (χ3n) is 7.24. The highest BCUT2D eigenvalue weighted by atomic mass is 35.5. The van der Waals surface area contributed by atoms with Gasteiger partial charge in [-0.3, -0.25) is 4.79 Å². The Balaban J connectivity index is 2.70. The molecule has 0 aliphatic heterocycles. The van der Waals surface area contributed by atoms with Crippen LogP contribution in [0.1, 0.15) is 52.7 Å². The van der Waals surface area contributed by atoms with E-state index < -0.39 is 28.8 Å². The molecule has 2 aromatic carbocycles. The zero-order chi connectivity index (χ0) is 27.2. The summed E-state index contributed by atoms with van der Waals surface area (Å²) in [5.74, 6) is -0.449. The third kappa shape index (κ3) is 4.71.